The molecule has 2 aliphatic carbocycles. The van der Waals surface area contributed by atoms with Crippen molar-refractivity contribution in [3.63, 3.8) is 0 Å². The van der Waals surface area contributed by atoms with E-state index in [0.717, 1.165) is 53.8 Å². The van der Waals surface area contributed by atoms with Crippen LogP contribution in [0.1, 0.15) is 84.5 Å². The fourth-order valence-electron chi connectivity index (χ4n) is 10.4. The Balaban J connectivity index is 1.32. The van der Waals surface area contributed by atoms with Crippen LogP contribution in [0.25, 0.3) is 6.08 Å². The van der Waals surface area contributed by atoms with E-state index in [-0.39, 0.29) is 69.4 Å². The number of allylic oxidation sites excluding steroid dienone is 1. The van der Waals surface area contributed by atoms with Gasteiger partial charge in [0.25, 0.3) is 5.69 Å². The van der Waals surface area contributed by atoms with Gasteiger partial charge in [0.1, 0.15) is 36.6 Å². The number of ether oxygens (including phenoxy) is 3. The summed E-state index contributed by atoms with van der Waals surface area (Å²) < 4.78 is 35.6. The Morgan fingerprint density at radius 2 is 1.70 bits per heavy atom. The second-order valence-electron chi connectivity index (χ2n) is 18.4. The number of hydrogen-bond acceptors (Lipinski definition) is 11. The molecule has 370 valence electrons. The molecule has 13 nitrogen and oxygen atoms in total. The van der Waals surface area contributed by atoms with Gasteiger partial charge in [0.05, 0.1) is 28.9 Å². The number of aromatic nitrogens is 1. The Morgan fingerprint density at radius 3 is 2.42 bits per heavy atom. The van der Waals surface area contributed by atoms with E-state index in [9.17, 15) is 24.7 Å². The number of nitro benzene ring substituents is 1. The van der Waals surface area contributed by atoms with Gasteiger partial charge in [0, 0.05) is 61.6 Å². The van der Waals surface area contributed by atoms with E-state index in [1.807, 2.05) is 73.7 Å². The minimum atomic E-state index is -1.58. The molecule has 2 N–H and O–H groups in total. The number of carbonyl (C=O) groups is 1. The minimum absolute atomic E-state index is 0.00179. The number of hydrogen-bond donors (Lipinski definition) is 2. The monoisotopic (exact) mass is 964 g/mol. The Labute approximate surface area is 414 Å². The van der Waals surface area contributed by atoms with Crippen molar-refractivity contribution in [2.24, 2.45) is 22.9 Å². The molecular formula is C57H61FN4O9. The summed E-state index contributed by atoms with van der Waals surface area (Å²) >= 11 is 0. The third-order valence-electron chi connectivity index (χ3n) is 13.7. The standard InChI is InChI=1S/C57H61FN4O9/c1-3-32-69-57-53(61(36-41-18-23-44(58)24-19-41)54(65)29-22-40-20-25-46(26-21-40)62(66)67)35-51(60-70-37-42-13-5-4-6-14-42)49-33-43(15-7-9-30-63)48(17-8-10-31-64)55(56(49)57)50-34-47(27-28-52(50)71-57)68-38-45-16-11-12-39(2)59-45/h3-6,11-14,16,18-29,33-34,43,48,53,55-56,63-64H,1,7-10,15,17,30-32,35-38H2,2H3/t43-,48+,53-,55+,56+,57+/m0/s1. The molecule has 6 atom stereocenters. The molecule has 1 amide bonds. The summed E-state index contributed by atoms with van der Waals surface area (Å²) in [6.45, 7) is 6.58. The number of amides is 1. The summed E-state index contributed by atoms with van der Waals surface area (Å²) in [4.78, 5) is 38.8. The fourth-order valence-corrected chi connectivity index (χ4v) is 10.4. The number of aliphatic hydroxyl groups excluding tert-OH is 2. The highest BCUT2D eigenvalue weighted by Crippen LogP contribution is 2.62. The molecule has 1 aromatic heterocycles. The van der Waals surface area contributed by atoms with Gasteiger partial charge < -0.3 is 34.2 Å². The Bertz CT molecular complexity index is 2710. The molecule has 0 unspecified atom stereocenters. The largest absolute Gasteiger partial charge is 0.487 e. The van der Waals surface area contributed by atoms with E-state index in [2.05, 4.69) is 17.6 Å². The van der Waals surface area contributed by atoms with Crippen molar-refractivity contribution >= 4 is 23.4 Å². The van der Waals surface area contributed by atoms with Crippen LogP contribution in [0, 0.1) is 40.6 Å². The predicted molar refractivity (Wildman–Crippen MR) is 269 cm³/mol. The zero-order valence-electron chi connectivity index (χ0n) is 40.0. The first-order valence-electron chi connectivity index (χ1n) is 24.4. The van der Waals surface area contributed by atoms with Crippen LogP contribution >= 0.6 is 0 Å². The lowest BCUT2D eigenvalue weighted by Crippen LogP contribution is -2.70. The van der Waals surface area contributed by atoms with Gasteiger partial charge in [-0.25, -0.2) is 4.39 Å². The maximum absolute atomic E-state index is 15.2. The van der Waals surface area contributed by atoms with Gasteiger partial charge in [0.2, 0.25) is 11.7 Å². The van der Waals surface area contributed by atoms with E-state index in [1.165, 1.54) is 30.3 Å². The lowest BCUT2D eigenvalue weighted by Gasteiger charge is -2.60. The molecule has 0 radical (unpaired) electrons. The maximum Gasteiger partial charge on any atom is 0.269 e. The Kier molecular flexibility index (Phi) is 16.8. The normalized spacial score (nSPS) is 21.7. The molecule has 5 aromatic rings. The van der Waals surface area contributed by atoms with Gasteiger partial charge >= 0.3 is 0 Å². The molecule has 0 bridgehead atoms. The summed E-state index contributed by atoms with van der Waals surface area (Å²) in [6.07, 6.45) is 11.4. The number of nitrogens with zero attached hydrogens (tertiary/aromatic N) is 4. The van der Waals surface area contributed by atoms with Crippen LogP contribution in [0.5, 0.6) is 11.5 Å². The Morgan fingerprint density at radius 1 is 0.944 bits per heavy atom. The SMILES string of the molecule is C=CCO[C@@]12Oc3ccc(OCc4cccc(C)n4)cc3[C@H]3[C@H](CCCCO)[C@@H](CCCCO)C=C(C(=NOCc4ccccc4)C[C@@H]1N(Cc1ccc(F)cc1)C(=O)C=Cc1ccc([N+](=O)[O-])cc1)[C@H]32. The molecular weight excluding hydrogens is 904 g/mol. The number of benzene rings is 4. The molecule has 0 spiro atoms. The highest BCUT2D eigenvalue weighted by molar-refractivity contribution is 6.03. The van der Waals surface area contributed by atoms with E-state index in [1.54, 1.807) is 41.3 Å². The van der Waals surface area contributed by atoms with Crippen LogP contribution in [-0.4, -0.2) is 68.3 Å². The first kappa shape index (κ1) is 50.4. The zero-order valence-corrected chi connectivity index (χ0v) is 40.0. The van der Waals surface area contributed by atoms with Crippen molar-refractivity contribution in [3.05, 3.63) is 195 Å². The van der Waals surface area contributed by atoms with Crippen molar-refractivity contribution < 1.29 is 43.4 Å². The van der Waals surface area contributed by atoms with Crippen molar-refractivity contribution in [3.8, 4) is 11.5 Å². The number of non-ortho nitro benzene ring substituents is 1. The van der Waals surface area contributed by atoms with E-state index in [0.29, 0.717) is 41.2 Å². The summed E-state index contributed by atoms with van der Waals surface area (Å²) in [5.41, 5.74) is 6.09. The van der Waals surface area contributed by atoms with E-state index < -0.39 is 34.4 Å². The summed E-state index contributed by atoms with van der Waals surface area (Å²) in [5, 5.41) is 36.5. The number of pyridine rings is 1. The third kappa shape index (κ3) is 12.0. The molecule has 1 fully saturated rings. The molecule has 71 heavy (non-hydrogen) atoms. The lowest BCUT2D eigenvalue weighted by molar-refractivity contribution is -0.384. The zero-order chi connectivity index (χ0) is 49.7. The van der Waals surface area contributed by atoms with Crippen molar-refractivity contribution in [1.29, 1.82) is 0 Å². The van der Waals surface area contributed by atoms with Gasteiger partial charge in [-0.2, -0.15) is 0 Å². The van der Waals surface area contributed by atoms with Crippen molar-refractivity contribution in [1.82, 2.24) is 9.88 Å². The van der Waals surface area contributed by atoms with Gasteiger partial charge in [-0.3, -0.25) is 19.9 Å². The second kappa shape index (κ2) is 23.7. The van der Waals surface area contributed by atoms with Crippen molar-refractivity contribution in [2.75, 3.05) is 19.8 Å². The average Bonchev–Trinajstić information content (AvgIpc) is 3.38. The number of aryl methyl sites for hydroxylation is 1. The number of unbranched alkanes of at least 4 members (excludes halogenated alkanes) is 2. The summed E-state index contributed by atoms with van der Waals surface area (Å²) in [7, 11) is 0. The van der Waals surface area contributed by atoms with Gasteiger partial charge in [-0.1, -0.05) is 78.7 Å². The molecule has 1 aliphatic heterocycles. The first-order valence-corrected chi connectivity index (χ1v) is 24.4. The highest BCUT2D eigenvalue weighted by Gasteiger charge is 2.65. The molecule has 4 aromatic carbocycles. The molecule has 14 heteroatoms. The molecule has 3 aliphatic rings. The van der Waals surface area contributed by atoms with Crippen LogP contribution in [0.2, 0.25) is 0 Å². The molecule has 0 saturated heterocycles. The number of rotatable bonds is 23. The molecule has 8 rings (SSSR count). The number of aliphatic hydroxyl groups is 2. The van der Waals surface area contributed by atoms with Crippen LogP contribution in [0.4, 0.5) is 10.1 Å². The van der Waals surface area contributed by atoms with Crippen LogP contribution in [-0.2, 0) is 34.1 Å². The highest BCUT2D eigenvalue weighted by atomic mass is 19.1. The average molecular weight is 965 g/mol. The fraction of sp³-hybridized carbons (Fsp3) is 0.351. The van der Waals surface area contributed by atoms with Crippen molar-refractivity contribution in [2.45, 2.75) is 89.4 Å². The van der Waals surface area contributed by atoms with Crippen LogP contribution in [0.15, 0.2) is 151 Å². The smallest absolute Gasteiger partial charge is 0.269 e. The van der Waals surface area contributed by atoms with Crippen LogP contribution in [0.3, 0.4) is 0 Å². The summed E-state index contributed by atoms with van der Waals surface area (Å²) in [6, 6.07) is 32.4. The maximum atomic E-state index is 15.2. The number of halogens is 1. The minimum Gasteiger partial charge on any atom is -0.487 e. The van der Waals surface area contributed by atoms with Gasteiger partial charge in [-0.05, 0) is 127 Å². The number of fused-ring (bicyclic) bond motifs is 2. The molecule has 2 heterocycles. The number of oxime groups is 1. The molecule has 1 saturated carbocycles. The van der Waals surface area contributed by atoms with E-state index in [4.69, 9.17) is 24.2 Å². The first-order chi connectivity index (χ1) is 34.6. The number of carbonyl (C=O) groups excluding carboxylic acids is 1. The summed E-state index contributed by atoms with van der Waals surface area (Å²) in [5.74, 6) is -2.21. The van der Waals surface area contributed by atoms with Crippen LogP contribution < -0.4 is 9.47 Å². The topological polar surface area (TPSA) is 166 Å². The Hall–Kier alpha value is -7.00. The number of nitro groups is 1. The van der Waals surface area contributed by atoms with E-state index >= 15 is 4.79 Å². The third-order valence-corrected chi connectivity index (χ3v) is 13.7. The lowest BCUT2D eigenvalue weighted by atomic mass is 9.55. The quantitative estimate of drug-likeness (QED) is 0.0211. The second-order valence-corrected chi connectivity index (χ2v) is 18.4. The predicted octanol–water partition coefficient (Wildman–Crippen LogP) is 10.6. The van der Waals surface area contributed by atoms with Gasteiger partial charge in [-0.15, -0.1) is 6.58 Å². The van der Waals surface area contributed by atoms with Gasteiger partial charge in [0.15, 0.2) is 0 Å².